The molecule has 0 amide bonds. The Kier molecular flexibility index (Phi) is 4.95. The molecule has 0 aromatic rings. The van der Waals surface area contributed by atoms with Gasteiger partial charge in [0, 0.05) is 6.54 Å². The van der Waals surface area contributed by atoms with E-state index in [9.17, 15) is 20.4 Å². The molecule has 5 nitrogen and oxygen atoms in total. The molecule has 1 rings (SSSR count). The zero-order valence-corrected chi connectivity index (χ0v) is 9.00. The third-order valence-electron chi connectivity index (χ3n) is 2.94. The van der Waals surface area contributed by atoms with Crippen molar-refractivity contribution in [3.63, 3.8) is 0 Å². The molecular formula is C10H21NO4. The lowest BCUT2D eigenvalue weighted by molar-refractivity contribution is -0.114. The number of β-amino-alcohol motifs (C(OH)–C–C–N with tert-alkyl or cyclic N) is 1. The molecule has 1 aliphatic rings. The van der Waals surface area contributed by atoms with Crippen molar-refractivity contribution in [3.8, 4) is 0 Å². The maximum absolute atomic E-state index is 9.76. The number of piperidine rings is 1. The first-order valence-electron chi connectivity index (χ1n) is 5.53. The van der Waals surface area contributed by atoms with Gasteiger partial charge in [0.1, 0.15) is 12.2 Å². The molecule has 90 valence electrons. The summed E-state index contributed by atoms with van der Waals surface area (Å²) >= 11 is 0. The highest BCUT2D eigenvalue weighted by Gasteiger charge is 2.39. The van der Waals surface area contributed by atoms with Crippen LogP contribution in [0.4, 0.5) is 0 Å². The number of nitrogens with one attached hydrogen (secondary N) is 1. The molecule has 0 aliphatic carbocycles. The van der Waals surface area contributed by atoms with Crippen LogP contribution in [0.3, 0.4) is 0 Å². The molecule has 0 aromatic heterocycles. The van der Waals surface area contributed by atoms with Crippen LogP contribution in [-0.2, 0) is 0 Å². The number of aliphatic hydroxyl groups is 4. The van der Waals surface area contributed by atoms with Crippen LogP contribution in [0.1, 0.15) is 26.2 Å². The van der Waals surface area contributed by atoms with E-state index in [-0.39, 0.29) is 6.54 Å². The molecule has 5 N–H and O–H groups in total. The van der Waals surface area contributed by atoms with Crippen molar-refractivity contribution in [2.24, 2.45) is 0 Å². The minimum atomic E-state index is -1.17. The van der Waals surface area contributed by atoms with E-state index in [1.54, 1.807) is 0 Å². The summed E-state index contributed by atoms with van der Waals surface area (Å²) in [5.74, 6) is 0. The normalized spacial score (nSPS) is 39.0. The highest BCUT2D eigenvalue weighted by molar-refractivity contribution is 4.95. The summed E-state index contributed by atoms with van der Waals surface area (Å²) in [6, 6.07) is -0.546. The maximum Gasteiger partial charge on any atom is 0.109 e. The van der Waals surface area contributed by atoms with Crippen LogP contribution in [0.5, 0.6) is 0 Å². The third-order valence-corrected chi connectivity index (χ3v) is 2.94. The molecule has 1 heterocycles. The fraction of sp³-hybridized carbons (Fsp3) is 1.00. The minimum absolute atomic E-state index is 0.200. The Morgan fingerprint density at radius 1 is 1.27 bits per heavy atom. The van der Waals surface area contributed by atoms with Gasteiger partial charge >= 0.3 is 0 Å². The van der Waals surface area contributed by atoms with Crippen molar-refractivity contribution in [2.45, 2.75) is 56.6 Å². The largest absolute Gasteiger partial charge is 0.391 e. The van der Waals surface area contributed by atoms with E-state index in [1.165, 1.54) is 0 Å². The summed E-state index contributed by atoms with van der Waals surface area (Å²) in [6.45, 7) is 2.22. The number of rotatable bonds is 4. The number of hydrogen-bond donors (Lipinski definition) is 5. The summed E-state index contributed by atoms with van der Waals surface area (Å²) in [7, 11) is 0. The molecule has 1 saturated heterocycles. The quantitative estimate of drug-likeness (QED) is 0.401. The van der Waals surface area contributed by atoms with Gasteiger partial charge in [-0.1, -0.05) is 19.8 Å². The van der Waals surface area contributed by atoms with E-state index >= 15 is 0 Å². The molecule has 0 spiro atoms. The van der Waals surface area contributed by atoms with Gasteiger partial charge in [0.15, 0.2) is 0 Å². The SMILES string of the molecule is CCCCC(O)C1NCC(O)C(O)C1O. The molecule has 0 radical (unpaired) electrons. The van der Waals surface area contributed by atoms with Gasteiger partial charge in [0.25, 0.3) is 0 Å². The van der Waals surface area contributed by atoms with Crippen molar-refractivity contribution in [1.82, 2.24) is 5.32 Å². The number of unbranched alkanes of at least 4 members (excludes halogenated alkanes) is 1. The van der Waals surface area contributed by atoms with Crippen molar-refractivity contribution < 1.29 is 20.4 Å². The van der Waals surface area contributed by atoms with Gasteiger partial charge in [-0.05, 0) is 6.42 Å². The summed E-state index contributed by atoms with van der Waals surface area (Å²) < 4.78 is 0. The molecule has 0 aromatic carbocycles. The first-order chi connectivity index (χ1) is 7.07. The summed E-state index contributed by atoms with van der Waals surface area (Å²) in [4.78, 5) is 0. The van der Waals surface area contributed by atoms with Crippen LogP contribution in [-0.4, -0.2) is 57.4 Å². The summed E-state index contributed by atoms with van der Waals surface area (Å²) in [5.41, 5.74) is 0. The van der Waals surface area contributed by atoms with E-state index in [4.69, 9.17) is 0 Å². The monoisotopic (exact) mass is 219 g/mol. The fourth-order valence-corrected chi connectivity index (χ4v) is 1.89. The lowest BCUT2D eigenvalue weighted by Gasteiger charge is -2.38. The van der Waals surface area contributed by atoms with Crippen LogP contribution in [0.2, 0.25) is 0 Å². The average Bonchev–Trinajstić information content (AvgIpc) is 2.23. The van der Waals surface area contributed by atoms with E-state index in [2.05, 4.69) is 5.32 Å². The lowest BCUT2D eigenvalue weighted by Crippen LogP contribution is -2.63. The molecule has 5 unspecified atom stereocenters. The second-order valence-corrected chi connectivity index (χ2v) is 4.19. The Balaban J connectivity index is 2.47. The Hall–Kier alpha value is -0.200. The fourth-order valence-electron chi connectivity index (χ4n) is 1.89. The van der Waals surface area contributed by atoms with Gasteiger partial charge < -0.3 is 25.7 Å². The molecule has 0 saturated carbocycles. The molecule has 1 aliphatic heterocycles. The van der Waals surface area contributed by atoms with E-state index < -0.39 is 30.5 Å². The van der Waals surface area contributed by atoms with Crippen molar-refractivity contribution in [2.75, 3.05) is 6.54 Å². The van der Waals surface area contributed by atoms with Gasteiger partial charge in [-0.2, -0.15) is 0 Å². The molecular weight excluding hydrogens is 198 g/mol. The van der Waals surface area contributed by atoms with Gasteiger partial charge in [-0.15, -0.1) is 0 Å². The van der Waals surface area contributed by atoms with Gasteiger partial charge in [-0.25, -0.2) is 0 Å². The second-order valence-electron chi connectivity index (χ2n) is 4.19. The van der Waals surface area contributed by atoms with E-state index in [1.807, 2.05) is 6.92 Å². The number of hydrogen-bond acceptors (Lipinski definition) is 5. The standard InChI is InChI=1S/C10H21NO4/c1-2-3-4-6(12)8-10(15)9(14)7(13)5-11-8/h6-15H,2-5H2,1H3. The summed E-state index contributed by atoms with van der Waals surface area (Å²) in [6.07, 6.45) is -1.48. The van der Waals surface area contributed by atoms with Crippen LogP contribution >= 0.6 is 0 Å². The van der Waals surface area contributed by atoms with Gasteiger partial charge in [0.2, 0.25) is 0 Å². The Bertz CT molecular complexity index is 190. The van der Waals surface area contributed by atoms with Crippen molar-refractivity contribution in [1.29, 1.82) is 0 Å². The zero-order valence-electron chi connectivity index (χ0n) is 9.00. The summed E-state index contributed by atoms with van der Waals surface area (Å²) in [5, 5.41) is 41.0. The molecule has 15 heavy (non-hydrogen) atoms. The van der Waals surface area contributed by atoms with Crippen LogP contribution < -0.4 is 5.32 Å². The average molecular weight is 219 g/mol. The van der Waals surface area contributed by atoms with Gasteiger partial charge in [-0.3, -0.25) is 0 Å². The first kappa shape index (κ1) is 12.9. The zero-order chi connectivity index (χ0) is 11.4. The highest BCUT2D eigenvalue weighted by atomic mass is 16.4. The van der Waals surface area contributed by atoms with Crippen molar-refractivity contribution in [3.05, 3.63) is 0 Å². The predicted octanol–water partition coefficient (Wildman–Crippen LogP) is -1.41. The van der Waals surface area contributed by atoms with Crippen LogP contribution in [0, 0.1) is 0 Å². The van der Waals surface area contributed by atoms with Crippen molar-refractivity contribution >= 4 is 0 Å². The molecule has 1 fully saturated rings. The third kappa shape index (κ3) is 3.12. The Morgan fingerprint density at radius 3 is 2.53 bits per heavy atom. The van der Waals surface area contributed by atoms with Crippen LogP contribution in [0.15, 0.2) is 0 Å². The Labute approximate surface area is 89.7 Å². The van der Waals surface area contributed by atoms with Crippen LogP contribution in [0.25, 0.3) is 0 Å². The lowest BCUT2D eigenvalue weighted by atomic mass is 9.90. The molecule has 0 bridgehead atoms. The van der Waals surface area contributed by atoms with E-state index in [0.29, 0.717) is 6.42 Å². The predicted molar refractivity (Wildman–Crippen MR) is 55.3 cm³/mol. The Morgan fingerprint density at radius 2 is 1.93 bits per heavy atom. The highest BCUT2D eigenvalue weighted by Crippen LogP contribution is 2.16. The molecule has 5 atom stereocenters. The smallest absolute Gasteiger partial charge is 0.109 e. The second kappa shape index (κ2) is 5.77. The first-order valence-corrected chi connectivity index (χ1v) is 5.53. The number of aliphatic hydroxyl groups excluding tert-OH is 4. The molecule has 5 heteroatoms. The topological polar surface area (TPSA) is 93.0 Å². The maximum atomic E-state index is 9.76. The van der Waals surface area contributed by atoms with Gasteiger partial charge in [0.05, 0.1) is 18.2 Å². The van der Waals surface area contributed by atoms with E-state index in [0.717, 1.165) is 12.8 Å². The minimum Gasteiger partial charge on any atom is -0.391 e.